The first-order valence-corrected chi connectivity index (χ1v) is 5.27. The SMILES string of the molecule is CCOc1ccc(/C=N/NC(C)=O)cc1OC. The van der Waals surface area contributed by atoms with E-state index in [1.807, 2.05) is 13.0 Å². The molecule has 0 heterocycles. The van der Waals surface area contributed by atoms with Crippen molar-refractivity contribution in [1.82, 2.24) is 5.43 Å². The topological polar surface area (TPSA) is 59.9 Å². The van der Waals surface area contributed by atoms with Crippen molar-refractivity contribution >= 4 is 12.1 Å². The van der Waals surface area contributed by atoms with E-state index in [4.69, 9.17) is 9.47 Å². The number of methoxy groups -OCH3 is 1. The highest BCUT2D eigenvalue weighted by Crippen LogP contribution is 2.27. The van der Waals surface area contributed by atoms with Crippen molar-refractivity contribution in [3.63, 3.8) is 0 Å². The number of carbonyl (C=O) groups excluding carboxylic acids is 1. The fraction of sp³-hybridized carbons (Fsp3) is 0.333. The van der Waals surface area contributed by atoms with Gasteiger partial charge in [-0.05, 0) is 30.7 Å². The van der Waals surface area contributed by atoms with E-state index in [1.54, 1.807) is 25.5 Å². The van der Waals surface area contributed by atoms with Crippen molar-refractivity contribution < 1.29 is 14.3 Å². The van der Waals surface area contributed by atoms with E-state index in [9.17, 15) is 4.79 Å². The number of amides is 1. The molecule has 0 saturated carbocycles. The third kappa shape index (κ3) is 4.14. The van der Waals surface area contributed by atoms with Crippen molar-refractivity contribution in [3.8, 4) is 11.5 Å². The summed E-state index contributed by atoms with van der Waals surface area (Å²) in [4.78, 5) is 10.6. The summed E-state index contributed by atoms with van der Waals surface area (Å²) in [6, 6.07) is 5.42. The molecular formula is C12H16N2O3. The lowest BCUT2D eigenvalue weighted by Crippen LogP contribution is -2.12. The number of benzene rings is 1. The Morgan fingerprint density at radius 1 is 1.47 bits per heavy atom. The molecule has 1 rings (SSSR count). The number of nitrogens with zero attached hydrogens (tertiary/aromatic N) is 1. The van der Waals surface area contributed by atoms with Gasteiger partial charge in [0.1, 0.15) is 0 Å². The summed E-state index contributed by atoms with van der Waals surface area (Å²) in [5.41, 5.74) is 3.15. The molecule has 1 amide bonds. The van der Waals surface area contributed by atoms with Crippen molar-refractivity contribution in [2.75, 3.05) is 13.7 Å². The molecule has 0 atom stereocenters. The minimum Gasteiger partial charge on any atom is -0.493 e. The number of nitrogens with one attached hydrogen (secondary N) is 1. The van der Waals surface area contributed by atoms with E-state index in [0.29, 0.717) is 18.1 Å². The zero-order valence-corrected chi connectivity index (χ0v) is 10.2. The molecule has 0 aliphatic heterocycles. The maximum absolute atomic E-state index is 10.6. The summed E-state index contributed by atoms with van der Waals surface area (Å²) < 4.78 is 10.6. The van der Waals surface area contributed by atoms with Crippen molar-refractivity contribution in [2.24, 2.45) is 5.10 Å². The van der Waals surface area contributed by atoms with Gasteiger partial charge < -0.3 is 9.47 Å². The third-order valence-electron chi connectivity index (χ3n) is 1.92. The van der Waals surface area contributed by atoms with E-state index in [1.165, 1.54) is 6.92 Å². The smallest absolute Gasteiger partial charge is 0.236 e. The normalized spacial score (nSPS) is 10.3. The molecule has 0 aromatic heterocycles. The van der Waals surface area contributed by atoms with E-state index in [2.05, 4.69) is 10.5 Å². The van der Waals surface area contributed by atoms with Crippen LogP contribution in [0.5, 0.6) is 11.5 Å². The highest BCUT2D eigenvalue weighted by Gasteiger charge is 2.03. The number of rotatable bonds is 5. The molecule has 0 aliphatic carbocycles. The number of carbonyl (C=O) groups is 1. The highest BCUT2D eigenvalue weighted by atomic mass is 16.5. The summed E-state index contributed by atoms with van der Waals surface area (Å²) in [5.74, 6) is 1.12. The maximum atomic E-state index is 10.6. The Labute approximate surface area is 100 Å². The van der Waals surface area contributed by atoms with E-state index in [-0.39, 0.29) is 5.91 Å². The molecule has 1 aromatic carbocycles. The van der Waals surface area contributed by atoms with Crippen LogP contribution < -0.4 is 14.9 Å². The Bertz CT molecular complexity index is 416. The largest absolute Gasteiger partial charge is 0.493 e. The van der Waals surface area contributed by atoms with Gasteiger partial charge in [0.25, 0.3) is 0 Å². The lowest BCUT2D eigenvalue weighted by molar-refractivity contribution is -0.118. The molecule has 5 heteroatoms. The predicted octanol–water partition coefficient (Wildman–Crippen LogP) is 1.56. The zero-order chi connectivity index (χ0) is 12.7. The first kappa shape index (κ1) is 13.0. The van der Waals surface area contributed by atoms with Gasteiger partial charge in [-0.2, -0.15) is 5.10 Å². The molecule has 0 radical (unpaired) electrons. The fourth-order valence-electron chi connectivity index (χ4n) is 1.24. The van der Waals surface area contributed by atoms with E-state index >= 15 is 0 Å². The minimum absolute atomic E-state index is 0.209. The van der Waals surface area contributed by atoms with Crippen LogP contribution in [0.15, 0.2) is 23.3 Å². The monoisotopic (exact) mass is 236 g/mol. The second kappa shape index (κ2) is 6.52. The molecule has 0 bridgehead atoms. The summed E-state index contributed by atoms with van der Waals surface area (Å²) in [6.45, 7) is 3.89. The Kier molecular flexibility index (Phi) is 5.00. The van der Waals surface area contributed by atoms with Crippen LogP contribution in [0.1, 0.15) is 19.4 Å². The van der Waals surface area contributed by atoms with Crippen LogP contribution in [0.2, 0.25) is 0 Å². The molecular weight excluding hydrogens is 220 g/mol. The molecule has 92 valence electrons. The van der Waals surface area contributed by atoms with E-state index < -0.39 is 0 Å². The number of hydrazone groups is 1. The van der Waals surface area contributed by atoms with Crippen LogP contribution in [0.3, 0.4) is 0 Å². The number of ether oxygens (including phenoxy) is 2. The fourth-order valence-corrected chi connectivity index (χ4v) is 1.24. The molecule has 1 N–H and O–H groups in total. The summed E-state index contributed by atoms with van der Waals surface area (Å²) in [7, 11) is 1.58. The van der Waals surface area contributed by atoms with Crippen LogP contribution in [-0.2, 0) is 4.79 Å². The Hall–Kier alpha value is -2.04. The first-order valence-electron chi connectivity index (χ1n) is 5.27. The quantitative estimate of drug-likeness (QED) is 0.623. The molecule has 17 heavy (non-hydrogen) atoms. The van der Waals surface area contributed by atoms with Gasteiger partial charge in [0.15, 0.2) is 11.5 Å². The Balaban J connectivity index is 2.81. The Morgan fingerprint density at radius 3 is 2.82 bits per heavy atom. The third-order valence-corrected chi connectivity index (χ3v) is 1.92. The lowest BCUT2D eigenvalue weighted by Gasteiger charge is -2.09. The second-order valence-electron chi connectivity index (χ2n) is 3.27. The van der Waals surface area contributed by atoms with Crippen LogP contribution in [-0.4, -0.2) is 25.8 Å². The summed E-state index contributed by atoms with van der Waals surface area (Å²) in [5, 5.41) is 3.77. The van der Waals surface area contributed by atoms with Gasteiger partial charge in [-0.15, -0.1) is 0 Å². The van der Waals surface area contributed by atoms with Crippen LogP contribution >= 0.6 is 0 Å². The maximum Gasteiger partial charge on any atom is 0.236 e. The molecule has 1 aromatic rings. The van der Waals surface area contributed by atoms with Crippen LogP contribution in [0, 0.1) is 0 Å². The highest BCUT2D eigenvalue weighted by molar-refractivity contribution is 5.82. The minimum atomic E-state index is -0.209. The lowest BCUT2D eigenvalue weighted by atomic mass is 10.2. The summed E-state index contributed by atoms with van der Waals surface area (Å²) in [6.07, 6.45) is 1.54. The molecule has 5 nitrogen and oxygen atoms in total. The van der Waals surface area contributed by atoms with Gasteiger partial charge in [-0.25, -0.2) is 5.43 Å². The Morgan fingerprint density at radius 2 is 2.24 bits per heavy atom. The molecule has 0 aliphatic rings. The van der Waals surface area contributed by atoms with Crippen molar-refractivity contribution in [2.45, 2.75) is 13.8 Å². The average molecular weight is 236 g/mol. The summed E-state index contributed by atoms with van der Waals surface area (Å²) >= 11 is 0. The van der Waals surface area contributed by atoms with Gasteiger partial charge in [0.05, 0.1) is 19.9 Å². The molecule has 0 spiro atoms. The molecule has 0 unspecified atom stereocenters. The van der Waals surface area contributed by atoms with Gasteiger partial charge >= 0.3 is 0 Å². The van der Waals surface area contributed by atoms with E-state index in [0.717, 1.165) is 5.56 Å². The van der Waals surface area contributed by atoms with Gasteiger partial charge in [0.2, 0.25) is 5.91 Å². The second-order valence-corrected chi connectivity index (χ2v) is 3.27. The van der Waals surface area contributed by atoms with Crippen molar-refractivity contribution in [1.29, 1.82) is 0 Å². The number of hydrogen-bond acceptors (Lipinski definition) is 4. The van der Waals surface area contributed by atoms with Gasteiger partial charge in [-0.3, -0.25) is 4.79 Å². The zero-order valence-electron chi connectivity index (χ0n) is 10.2. The van der Waals surface area contributed by atoms with Crippen molar-refractivity contribution in [3.05, 3.63) is 23.8 Å². The van der Waals surface area contributed by atoms with Crippen LogP contribution in [0.25, 0.3) is 0 Å². The standard InChI is InChI=1S/C12H16N2O3/c1-4-17-11-6-5-10(7-12(11)16-3)8-13-14-9(2)15/h5-8H,4H2,1-3H3,(H,14,15)/b13-8+. The molecule has 0 fully saturated rings. The number of hydrogen-bond donors (Lipinski definition) is 1. The molecule has 0 saturated heterocycles. The van der Waals surface area contributed by atoms with Gasteiger partial charge in [-0.1, -0.05) is 0 Å². The van der Waals surface area contributed by atoms with Crippen LogP contribution in [0.4, 0.5) is 0 Å². The predicted molar refractivity (Wildman–Crippen MR) is 65.6 cm³/mol. The first-order chi connectivity index (χ1) is 8.17. The average Bonchev–Trinajstić information content (AvgIpc) is 2.30. The van der Waals surface area contributed by atoms with Gasteiger partial charge in [0, 0.05) is 6.92 Å².